The molecule has 0 saturated carbocycles. The van der Waals surface area contributed by atoms with Crippen LogP contribution in [0.15, 0.2) is 18.5 Å². The van der Waals surface area contributed by atoms with Crippen molar-refractivity contribution in [3.8, 4) is 0 Å². The average molecular weight is 262 g/mol. The van der Waals surface area contributed by atoms with Crippen LogP contribution in [0.5, 0.6) is 0 Å². The third kappa shape index (κ3) is 3.75. The number of hydrogen-bond donors (Lipinski definition) is 2. The number of aryl methyl sites for hydroxylation is 1. The first-order valence-corrected chi connectivity index (χ1v) is 6.85. The Morgan fingerprint density at radius 3 is 3.05 bits per heavy atom. The van der Waals surface area contributed by atoms with E-state index in [0.29, 0.717) is 5.92 Å². The normalized spacial score (nSPS) is 13.0. The first-order chi connectivity index (χ1) is 9.22. The van der Waals surface area contributed by atoms with E-state index in [4.69, 9.17) is 5.11 Å². The van der Waals surface area contributed by atoms with E-state index in [-0.39, 0.29) is 6.61 Å². The van der Waals surface area contributed by atoms with Crippen LogP contribution in [0.3, 0.4) is 0 Å². The van der Waals surface area contributed by atoms with Gasteiger partial charge in [0.05, 0.1) is 5.69 Å². The van der Waals surface area contributed by atoms with Crippen LogP contribution in [0.4, 0.5) is 0 Å². The van der Waals surface area contributed by atoms with Crippen molar-refractivity contribution in [2.24, 2.45) is 5.92 Å². The molecule has 1 unspecified atom stereocenters. The van der Waals surface area contributed by atoms with Crippen LogP contribution in [0.1, 0.15) is 31.0 Å². The minimum atomic E-state index is 0.264. The molecule has 2 rings (SSSR count). The molecule has 0 fully saturated rings. The molecular weight excluding hydrogens is 240 g/mol. The summed E-state index contributed by atoms with van der Waals surface area (Å²) in [5.74, 6) is 0.536. The van der Waals surface area contributed by atoms with Gasteiger partial charge in [-0.1, -0.05) is 13.3 Å². The molecule has 5 heteroatoms. The van der Waals surface area contributed by atoms with E-state index >= 15 is 0 Å². The molecule has 0 saturated heterocycles. The smallest absolute Gasteiger partial charge is 0.155 e. The summed E-state index contributed by atoms with van der Waals surface area (Å²) in [4.78, 5) is 4.38. The second-order valence-electron chi connectivity index (χ2n) is 4.97. The van der Waals surface area contributed by atoms with Crippen LogP contribution in [-0.4, -0.2) is 32.9 Å². The quantitative estimate of drug-likeness (QED) is 0.794. The predicted molar refractivity (Wildman–Crippen MR) is 74.9 cm³/mol. The van der Waals surface area contributed by atoms with Crippen LogP contribution < -0.4 is 5.32 Å². The van der Waals surface area contributed by atoms with Crippen molar-refractivity contribution in [2.75, 3.05) is 13.2 Å². The van der Waals surface area contributed by atoms with Crippen LogP contribution in [0.2, 0.25) is 0 Å². The van der Waals surface area contributed by atoms with Gasteiger partial charge in [-0.3, -0.25) is 0 Å². The molecule has 0 bridgehead atoms. The number of nitrogens with one attached hydrogen (secondary N) is 1. The number of rotatable bonds is 7. The topological polar surface area (TPSA) is 62.5 Å². The van der Waals surface area contributed by atoms with Gasteiger partial charge in [-0.15, -0.1) is 0 Å². The third-order valence-electron chi connectivity index (χ3n) is 3.37. The van der Waals surface area contributed by atoms with Gasteiger partial charge >= 0.3 is 0 Å². The highest BCUT2D eigenvalue weighted by Crippen LogP contribution is 2.07. The maximum Gasteiger partial charge on any atom is 0.155 e. The maximum atomic E-state index is 8.96. The molecule has 0 radical (unpaired) electrons. The number of fused-ring (bicyclic) bond motifs is 1. The first kappa shape index (κ1) is 14.0. The lowest BCUT2D eigenvalue weighted by atomic mass is 10.0. The molecule has 0 aliphatic carbocycles. The molecule has 0 aliphatic rings. The number of aliphatic hydroxyl groups excluding tert-OH is 1. The van der Waals surface area contributed by atoms with Crippen molar-refractivity contribution < 1.29 is 5.11 Å². The highest BCUT2D eigenvalue weighted by molar-refractivity contribution is 5.38. The Kier molecular flexibility index (Phi) is 4.87. The fraction of sp³-hybridized carbons (Fsp3) is 0.571. The summed E-state index contributed by atoms with van der Waals surface area (Å²) in [5.41, 5.74) is 2.98. The summed E-state index contributed by atoms with van der Waals surface area (Å²) >= 11 is 0. The lowest BCUT2D eigenvalue weighted by molar-refractivity contribution is 0.251. The van der Waals surface area contributed by atoms with Gasteiger partial charge in [0.25, 0.3) is 0 Å². The fourth-order valence-corrected chi connectivity index (χ4v) is 2.18. The summed E-state index contributed by atoms with van der Waals surface area (Å²) in [6.45, 7) is 6.09. The van der Waals surface area contributed by atoms with E-state index < -0.39 is 0 Å². The van der Waals surface area contributed by atoms with Crippen molar-refractivity contribution in [1.29, 1.82) is 0 Å². The molecule has 2 aromatic rings. The van der Waals surface area contributed by atoms with Crippen LogP contribution in [0.25, 0.3) is 5.65 Å². The number of hydrogen-bond acceptors (Lipinski definition) is 4. The van der Waals surface area contributed by atoms with Gasteiger partial charge in [-0.25, -0.2) is 9.50 Å². The SMILES string of the molecule is CCC(CCO)CNCc1cnc2cc(C)nn2c1. The molecular formula is C14H22N4O. The van der Waals surface area contributed by atoms with E-state index in [1.54, 1.807) is 0 Å². The van der Waals surface area contributed by atoms with Gasteiger partial charge in [0.1, 0.15) is 0 Å². The molecule has 0 amide bonds. The molecule has 0 aliphatic heterocycles. The zero-order valence-corrected chi connectivity index (χ0v) is 11.6. The molecule has 2 aromatic heterocycles. The molecule has 19 heavy (non-hydrogen) atoms. The van der Waals surface area contributed by atoms with Gasteiger partial charge < -0.3 is 10.4 Å². The van der Waals surface area contributed by atoms with Gasteiger partial charge in [0.2, 0.25) is 0 Å². The third-order valence-corrected chi connectivity index (χ3v) is 3.37. The average Bonchev–Trinajstić information content (AvgIpc) is 2.77. The first-order valence-electron chi connectivity index (χ1n) is 6.85. The second-order valence-corrected chi connectivity index (χ2v) is 4.97. The van der Waals surface area contributed by atoms with Crippen LogP contribution in [-0.2, 0) is 6.54 Å². The van der Waals surface area contributed by atoms with Crippen molar-refractivity contribution >= 4 is 5.65 Å². The zero-order valence-electron chi connectivity index (χ0n) is 11.6. The summed E-state index contributed by atoms with van der Waals surface area (Å²) in [5, 5.41) is 16.7. The molecule has 2 N–H and O–H groups in total. The number of nitrogens with zero attached hydrogens (tertiary/aromatic N) is 3. The highest BCUT2D eigenvalue weighted by atomic mass is 16.3. The molecule has 1 atom stereocenters. The molecule has 104 valence electrons. The lowest BCUT2D eigenvalue weighted by Gasteiger charge is -2.14. The Hall–Kier alpha value is -1.46. The number of aromatic nitrogens is 3. The molecule has 0 aromatic carbocycles. The van der Waals surface area contributed by atoms with E-state index in [1.165, 1.54) is 0 Å². The van der Waals surface area contributed by atoms with Gasteiger partial charge in [0.15, 0.2) is 5.65 Å². The summed E-state index contributed by atoms with van der Waals surface area (Å²) in [7, 11) is 0. The van der Waals surface area contributed by atoms with Crippen molar-refractivity contribution in [3.05, 3.63) is 29.7 Å². The summed E-state index contributed by atoms with van der Waals surface area (Å²) < 4.78 is 1.82. The van der Waals surface area contributed by atoms with E-state index in [9.17, 15) is 0 Å². The highest BCUT2D eigenvalue weighted by Gasteiger charge is 2.05. The van der Waals surface area contributed by atoms with Crippen molar-refractivity contribution in [1.82, 2.24) is 19.9 Å². The Morgan fingerprint density at radius 2 is 2.32 bits per heavy atom. The van der Waals surface area contributed by atoms with Crippen molar-refractivity contribution in [3.63, 3.8) is 0 Å². The monoisotopic (exact) mass is 262 g/mol. The lowest BCUT2D eigenvalue weighted by Crippen LogP contribution is -2.23. The minimum absolute atomic E-state index is 0.264. The molecule has 5 nitrogen and oxygen atoms in total. The van der Waals surface area contributed by atoms with E-state index in [2.05, 4.69) is 22.3 Å². The maximum absolute atomic E-state index is 8.96. The Bertz CT molecular complexity index is 523. The van der Waals surface area contributed by atoms with E-state index in [1.807, 2.05) is 29.9 Å². The largest absolute Gasteiger partial charge is 0.396 e. The minimum Gasteiger partial charge on any atom is -0.396 e. The number of aliphatic hydroxyl groups is 1. The van der Waals surface area contributed by atoms with Crippen LogP contribution in [0, 0.1) is 12.8 Å². The van der Waals surface area contributed by atoms with Gasteiger partial charge in [-0.05, 0) is 25.8 Å². The predicted octanol–water partition coefficient (Wildman–Crippen LogP) is 1.54. The molecule has 0 spiro atoms. The Labute approximate surface area is 113 Å². The Balaban J connectivity index is 1.90. The van der Waals surface area contributed by atoms with Gasteiger partial charge in [0, 0.05) is 37.2 Å². The zero-order chi connectivity index (χ0) is 13.7. The molecule has 2 heterocycles. The van der Waals surface area contributed by atoms with Crippen molar-refractivity contribution in [2.45, 2.75) is 33.2 Å². The summed E-state index contributed by atoms with van der Waals surface area (Å²) in [6.07, 6.45) is 5.84. The van der Waals surface area contributed by atoms with E-state index in [0.717, 1.165) is 42.8 Å². The summed E-state index contributed by atoms with van der Waals surface area (Å²) in [6, 6.07) is 1.96. The standard InChI is InChI=1S/C14H22N4O/c1-3-12(4-5-19)7-15-8-13-9-16-14-6-11(2)17-18(14)10-13/h6,9-10,12,15,19H,3-5,7-8H2,1-2H3. The second kappa shape index (κ2) is 6.63. The van der Waals surface area contributed by atoms with Crippen LogP contribution >= 0.6 is 0 Å². The Morgan fingerprint density at radius 1 is 1.47 bits per heavy atom. The fourth-order valence-electron chi connectivity index (χ4n) is 2.18. The van der Waals surface area contributed by atoms with Gasteiger partial charge in [-0.2, -0.15) is 5.10 Å².